The predicted molar refractivity (Wildman–Crippen MR) is 57.4 cm³/mol. The lowest BCUT2D eigenvalue weighted by atomic mass is 10.1. The van der Waals surface area contributed by atoms with Crippen molar-refractivity contribution in [3.63, 3.8) is 0 Å². The van der Waals surface area contributed by atoms with Crippen molar-refractivity contribution in [1.29, 1.82) is 0 Å². The van der Waals surface area contributed by atoms with Crippen LogP contribution in [0, 0.1) is 5.92 Å². The molecule has 0 bridgehead atoms. The molecule has 0 aromatic carbocycles. The summed E-state index contributed by atoms with van der Waals surface area (Å²) in [6.07, 6.45) is 3.94. The van der Waals surface area contributed by atoms with E-state index in [2.05, 4.69) is 29.4 Å². The minimum atomic E-state index is -0.168. The Morgan fingerprint density at radius 3 is 3.00 bits per heavy atom. The second-order valence-electron chi connectivity index (χ2n) is 3.80. The van der Waals surface area contributed by atoms with Crippen LogP contribution < -0.4 is 10.9 Å². The Morgan fingerprint density at radius 2 is 2.36 bits per heavy atom. The van der Waals surface area contributed by atoms with Crippen LogP contribution >= 0.6 is 0 Å². The third-order valence-corrected chi connectivity index (χ3v) is 1.95. The normalized spacial score (nSPS) is 10.5. The number of hydrogen-bond donors (Lipinski definition) is 2. The molecule has 0 aliphatic carbocycles. The fourth-order valence-corrected chi connectivity index (χ4v) is 1.22. The van der Waals surface area contributed by atoms with Gasteiger partial charge in [-0.1, -0.05) is 13.8 Å². The summed E-state index contributed by atoms with van der Waals surface area (Å²) >= 11 is 0. The molecule has 78 valence electrons. The molecule has 1 rings (SSSR count). The summed E-state index contributed by atoms with van der Waals surface area (Å²) in [7, 11) is 0. The van der Waals surface area contributed by atoms with Gasteiger partial charge in [-0.15, -0.1) is 0 Å². The molecule has 0 atom stereocenters. The molecule has 0 aliphatic rings. The maximum Gasteiger partial charge on any atom is 0.266 e. The van der Waals surface area contributed by atoms with Crippen LogP contribution in [0.2, 0.25) is 0 Å². The van der Waals surface area contributed by atoms with Crippen molar-refractivity contribution in [2.45, 2.75) is 26.7 Å². The highest BCUT2D eigenvalue weighted by Crippen LogP contribution is 2.04. The Labute approximate surface area is 83.7 Å². The fraction of sp³-hybridized carbons (Fsp3) is 0.600. The third-order valence-electron chi connectivity index (χ3n) is 1.95. The highest BCUT2D eigenvalue weighted by molar-refractivity contribution is 5.38. The Hall–Kier alpha value is -1.32. The van der Waals surface area contributed by atoms with E-state index in [0.717, 1.165) is 24.6 Å². The van der Waals surface area contributed by atoms with Gasteiger partial charge in [-0.3, -0.25) is 4.79 Å². The molecule has 0 fully saturated rings. The number of H-pyrrole nitrogens is 1. The van der Waals surface area contributed by atoms with Gasteiger partial charge >= 0.3 is 0 Å². The van der Waals surface area contributed by atoms with Crippen molar-refractivity contribution in [3.8, 4) is 0 Å². The van der Waals surface area contributed by atoms with Crippen molar-refractivity contribution < 1.29 is 0 Å². The minimum Gasteiger partial charge on any atom is -0.384 e. The summed E-state index contributed by atoms with van der Waals surface area (Å²) in [6.45, 7) is 5.30. The van der Waals surface area contributed by atoms with Gasteiger partial charge in [0.1, 0.15) is 0 Å². The number of aromatic nitrogens is 2. The summed E-state index contributed by atoms with van der Waals surface area (Å²) in [6, 6.07) is 1.52. The van der Waals surface area contributed by atoms with Crippen LogP contribution in [0.5, 0.6) is 0 Å². The standard InChI is InChI=1S/C10H17N3O/c1-8(2)4-3-5-11-9-6-10(14)13-12-7-9/h6-8H,3-5H2,1-2H3,(H2,11,13,14). The molecule has 0 saturated carbocycles. The summed E-state index contributed by atoms with van der Waals surface area (Å²) in [5.41, 5.74) is 0.622. The molecule has 0 spiro atoms. The molecule has 0 aliphatic heterocycles. The van der Waals surface area contributed by atoms with E-state index >= 15 is 0 Å². The first kappa shape index (κ1) is 10.8. The first-order valence-corrected chi connectivity index (χ1v) is 4.97. The molecular weight excluding hydrogens is 178 g/mol. The van der Waals surface area contributed by atoms with Gasteiger partial charge in [-0.2, -0.15) is 5.10 Å². The summed E-state index contributed by atoms with van der Waals surface area (Å²) in [5, 5.41) is 9.19. The molecule has 2 N–H and O–H groups in total. The molecule has 4 heteroatoms. The molecule has 1 aromatic heterocycles. The molecular formula is C10H17N3O. The van der Waals surface area contributed by atoms with Crippen LogP contribution in [0.3, 0.4) is 0 Å². The zero-order valence-electron chi connectivity index (χ0n) is 8.71. The highest BCUT2D eigenvalue weighted by Gasteiger charge is 1.95. The fourth-order valence-electron chi connectivity index (χ4n) is 1.22. The summed E-state index contributed by atoms with van der Waals surface area (Å²) in [4.78, 5) is 10.9. The van der Waals surface area contributed by atoms with Crippen molar-refractivity contribution >= 4 is 5.69 Å². The van der Waals surface area contributed by atoms with Gasteiger partial charge in [0.2, 0.25) is 0 Å². The molecule has 1 aromatic rings. The number of rotatable bonds is 5. The average Bonchev–Trinajstić information content (AvgIpc) is 2.12. The number of aromatic amines is 1. The average molecular weight is 195 g/mol. The van der Waals surface area contributed by atoms with E-state index in [1.807, 2.05) is 0 Å². The van der Waals surface area contributed by atoms with Gasteiger partial charge in [0, 0.05) is 12.6 Å². The predicted octanol–water partition coefficient (Wildman–Crippen LogP) is 1.62. The SMILES string of the molecule is CC(C)CCCNc1cn[nH]c(=O)c1. The Balaban J connectivity index is 2.28. The lowest BCUT2D eigenvalue weighted by Gasteiger charge is -2.06. The molecule has 0 amide bonds. The Kier molecular flexibility index (Phi) is 4.16. The summed E-state index contributed by atoms with van der Waals surface area (Å²) in [5.74, 6) is 0.731. The second-order valence-corrected chi connectivity index (χ2v) is 3.80. The molecule has 0 radical (unpaired) electrons. The van der Waals surface area contributed by atoms with E-state index in [1.165, 1.54) is 12.5 Å². The van der Waals surface area contributed by atoms with Crippen molar-refractivity contribution in [2.24, 2.45) is 5.92 Å². The van der Waals surface area contributed by atoms with Crippen LogP contribution in [0.15, 0.2) is 17.1 Å². The number of nitrogens with one attached hydrogen (secondary N) is 2. The van der Waals surface area contributed by atoms with Crippen molar-refractivity contribution in [2.75, 3.05) is 11.9 Å². The van der Waals surface area contributed by atoms with Gasteiger partial charge in [-0.05, 0) is 18.8 Å². The lowest BCUT2D eigenvalue weighted by Crippen LogP contribution is -2.10. The van der Waals surface area contributed by atoms with Crippen LogP contribution in [-0.4, -0.2) is 16.7 Å². The number of nitrogens with zero attached hydrogens (tertiary/aromatic N) is 1. The quantitative estimate of drug-likeness (QED) is 0.702. The van der Waals surface area contributed by atoms with E-state index in [1.54, 1.807) is 6.20 Å². The molecule has 1 heterocycles. The lowest BCUT2D eigenvalue weighted by molar-refractivity contribution is 0.567. The summed E-state index contributed by atoms with van der Waals surface area (Å²) < 4.78 is 0. The van der Waals surface area contributed by atoms with Crippen LogP contribution in [-0.2, 0) is 0 Å². The van der Waals surface area contributed by atoms with E-state index in [0.29, 0.717) is 0 Å². The first-order chi connectivity index (χ1) is 6.68. The maximum atomic E-state index is 10.9. The van der Waals surface area contributed by atoms with E-state index < -0.39 is 0 Å². The van der Waals surface area contributed by atoms with Gasteiger partial charge in [-0.25, -0.2) is 5.10 Å². The van der Waals surface area contributed by atoms with Gasteiger partial charge in [0.15, 0.2) is 0 Å². The maximum absolute atomic E-state index is 10.9. The van der Waals surface area contributed by atoms with E-state index in [-0.39, 0.29) is 5.56 Å². The molecule has 0 unspecified atom stereocenters. The third kappa shape index (κ3) is 4.07. The van der Waals surface area contributed by atoms with Crippen molar-refractivity contribution in [3.05, 3.63) is 22.6 Å². The first-order valence-electron chi connectivity index (χ1n) is 4.97. The van der Waals surface area contributed by atoms with Gasteiger partial charge in [0.25, 0.3) is 5.56 Å². The minimum absolute atomic E-state index is 0.168. The van der Waals surface area contributed by atoms with Gasteiger partial charge < -0.3 is 5.32 Å². The second kappa shape index (κ2) is 5.42. The topological polar surface area (TPSA) is 57.8 Å². The van der Waals surface area contributed by atoms with E-state index in [9.17, 15) is 4.79 Å². The van der Waals surface area contributed by atoms with Gasteiger partial charge in [0.05, 0.1) is 11.9 Å². The number of hydrogen-bond acceptors (Lipinski definition) is 3. The van der Waals surface area contributed by atoms with Crippen LogP contribution in [0.1, 0.15) is 26.7 Å². The van der Waals surface area contributed by atoms with E-state index in [4.69, 9.17) is 0 Å². The zero-order valence-corrected chi connectivity index (χ0v) is 8.71. The monoisotopic (exact) mass is 195 g/mol. The van der Waals surface area contributed by atoms with Crippen molar-refractivity contribution in [1.82, 2.24) is 10.2 Å². The Morgan fingerprint density at radius 1 is 1.57 bits per heavy atom. The zero-order chi connectivity index (χ0) is 10.4. The largest absolute Gasteiger partial charge is 0.384 e. The van der Waals surface area contributed by atoms with Crippen LogP contribution in [0.4, 0.5) is 5.69 Å². The Bertz CT molecular complexity index is 319. The molecule has 14 heavy (non-hydrogen) atoms. The molecule has 4 nitrogen and oxygen atoms in total. The highest BCUT2D eigenvalue weighted by atomic mass is 16.1. The number of anilines is 1. The smallest absolute Gasteiger partial charge is 0.266 e. The van der Waals surface area contributed by atoms with Crippen LogP contribution in [0.25, 0.3) is 0 Å². The molecule has 0 saturated heterocycles.